The molecule has 1 aromatic heterocycles. The van der Waals surface area contributed by atoms with Crippen molar-refractivity contribution in [2.24, 2.45) is 0 Å². The largest absolute Gasteiger partial charge is 0.475 e. The van der Waals surface area contributed by atoms with Gasteiger partial charge in [0.1, 0.15) is 5.76 Å². The monoisotopic (exact) mass is 458 g/mol. The maximum absolute atomic E-state index is 10.7. The number of aliphatic hydroxyl groups excluding tert-OH is 1. The molecule has 0 aliphatic rings. The quantitative estimate of drug-likeness (QED) is 0.246. The number of hydrogen-bond donors (Lipinski definition) is 4. The standard InChI is InChI=1S/C21H28Cl2N2O5/c22-16-11-14(12-17(23)20(16)24)18(26)13-25-8-2-1-3-9-29-10-4-5-15-6-7-19(30-15)21(27)28/h6-7,11-12,18,25-26H,1-5,8-10,13,24H2,(H,27,28). The molecule has 1 unspecified atom stereocenters. The molecule has 0 fully saturated rings. The predicted molar refractivity (Wildman–Crippen MR) is 117 cm³/mol. The number of ether oxygens (including phenoxy) is 1. The number of nitrogen functional groups attached to an aromatic ring is 1. The van der Waals surface area contributed by atoms with Gasteiger partial charge in [0, 0.05) is 26.2 Å². The highest BCUT2D eigenvalue weighted by Gasteiger charge is 2.12. The Labute approximate surface area is 186 Å². The Balaban J connectivity index is 1.46. The number of anilines is 1. The van der Waals surface area contributed by atoms with E-state index >= 15 is 0 Å². The number of halogens is 2. The first-order valence-corrected chi connectivity index (χ1v) is 10.7. The van der Waals surface area contributed by atoms with E-state index in [9.17, 15) is 9.90 Å². The lowest BCUT2D eigenvalue weighted by Gasteiger charge is -2.14. The van der Waals surface area contributed by atoms with E-state index in [-0.39, 0.29) is 5.76 Å². The number of benzene rings is 1. The molecule has 166 valence electrons. The summed E-state index contributed by atoms with van der Waals surface area (Å²) in [6, 6.07) is 6.40. The first-order chi connectivity index (χ1) is 14.4. The van der Waals surface area contributed by atoms with Crippen LogP contribution in [0.4, 0.5) is 5.69 Å². The Hall–Kier alpha value is -1.77. The van der Waals surface area contributed by atoms with Gasteiger partial charge in [0.15, 0.2) is 0 Å². The molecule has 0 spiro atoms. The molecule has 9 heteroatoms. The second kappa shape index (κ2) is 12.8. The van der Waals surface area contributed by atoms with Crippen LogP contribution in [-0.2, 0) is 11.2 Å². The van der Waals surface area contributed by atoms with Crippen molar-refractivity contribution in [2.75, 3.05) is 32.0 Å². The zero-order valence-electron chi connectivity index (χ0n) is 16.7. The predicted octanol–water partition coefficient (Wildman–Crippen LogP) is 4.31. The number of carboxylic acid groups (broad SMARTS) is 1. The molecule has 1 atom stereocenters. The lowest BCUT2D eigenvalue weighted by molar-refractivity contribution is 0.0660. The number of carboxylic acids is 1. The van der Waals surface area contributed by atoms with Gasteiger partial charge in [0.05, 0.1) is 21.8 Å². The molecule has 0 aliphatic heterocycles. The van der Waals surface area contributed by atoms with Gasteiger partial charge in [0.25, 0.3) is 0 Å². The molecule has 0 saturated carbocycles. The summed E-state index contributed by atoms with van der Waals surface area (Å²) in [6.45, 7) is 2.49. The molecule has 2 rings (SSSR count). The number of aliphatic hydroxyl groups is 1. The maximum atomic E-state index is 10.7. The molecule has 0 radical (unpaired) electrons. The number of aromatic carboxylic acids is 1. The van der Waals surface area contributed by atoms with Crippen LogP contribution in [0.5, 0.6) is 0 Å². The molecule has 30 heavy (non-hydrogen) atoms. The molecule has 5 N–H and O–H groups in total. The van der Waals surface area contributed by atoms with Crippen LogP contribution in [0.3, 0.4) is 0 Å². The third-order valence-electron chi connectivity index (χ3n) is 4.55. The van der Waals surface area contributed by atoms with Crippen molar-refractivity contribution in [1.29, 1.82) is 0 Å². The summed E-state index contributed by atoms with van der Waals surface area (Å²) in [5.41, 5.74) is 6.65. The number of rotatable bonds is 14. The Morgan fingerprint density at radius 2 is 1.83 bits per heavy atom. The molecule has 0 saturated heterocycles. The Morgan fingerprint density at radius 3 is 2.50 bits per heavy atom. The van der Waals surface area contributed by atoms with Crippen LogP contribution in [0, 0.1) is 0 Å². The van der Waals surface area contributed by atoms with E-state index in [1.54, 1.807) is 18.2 Å². The van der Waals surface area contributed by atoms with Crippen LogP contribution in [0.25, 0.3) is 0 Å². The summed E-state index contributed by atoms with van der Waals surface area (Å²) < 4.78 is 10.8. The molecule has 2 aromatic rings. The maximum Gasteiger partial charge on any atom is 0.371 e. The molecule has 0 bridgehead atoms. The van der Waals surface area contributed by atoms with Crippen LogP contribution in [0.15, 0.2) is 28.7 Å². The number of nitrogens with two attached hydrogens (primary N) is 1. The molecule has 1 heterocycles. The van der Waals surface area contributed by atoms with Gasteiger partial charge in [-0.2, -0.15) is 0 Å². The second-order valence-corrected chi connectivity index (χ2v) is 7.78. The Bertz CT molecular complexity index is 789. The van der Waals surface area contributed by atoms with Gasteiger partial charge in [-0.3, -0.25) is 0 Å². The summed E-state index contributed by atoms with van der Waals surface area (Å²) in [7, 11) is 0. The van der Waals surface area contributed by atoms with E-state index in [2.05, 4.69) is 5.32 Å². The highest BCUT2D eigenvalue weighted by molar-refractivity contribution is 6.38. The minimum Gasteiger partial charge on any atom is -0.475 e. The highest BCUT2D eigenvalue weighted by atomic mass is 35.5. The topological polar surface area (TPSA) is 118 Å². The Morgan fingerprint density at radius 1 is 1.13 bits per heavy atom. The minimum absolute atomic E-state index is 0.0342. The second-order valence-electron chi connectivity index (χ2n) is 6.97. The summed E-state index contributed by atoms with van der Waals surface area (Å²) in [5, 5.41) is 22.9. The molecule has 1 aromatic carbocycles. The summed E-state index contributed by atoms with van der Waals surface area (Å²) >= 11 is 12.0. The van der Waals surface area contributed by atoms with Crippen LogP contribution in [0.2, 0.25) is 10.0 Å². The normalized spacial score (nSPS) is 12.2. The van der Waals surface area contributed by atoms with Gasteiger partial charge in [-0.15, -0.1) is 0 Å². The molecule has 0 aliphatic carbocycles. The van der Waals surface area contributed by atoms with Crippen molar-refractivity contribution in [3.05, 3.63) is 51.4 Å². The zero-order valence-corrected chi connectivity index (χ0v) is 18.2. The molecular formula is C21H28Cl2N2O5. The number of furan rings is 1. The average Bonchev–Trinajstić information content (AvgIpc) is 3.19. The van der Waals surface area contributed by atoms with E-state index in [0.717, 1.165) is 32.2 Å². The third kappa shape index (κ3) is 8.16. The van der Waals surface area contributed by atoms with Crippen molar-refractivity contribution in [2.45, 2.75) is 38.2 Å². The van der Waals surface area contributed by atoms with Gasteiger partial charge in [-0.25, -0.2) is 4.79 Å². The van der Waals surface area contributed by atoms with Crippen molar-refractivity contribution in [1.82, 2.24) is 5.32 Å². The number of unbranched alkanes of at least 4 members (excludes halogenated alkanes) is 2. The van der Waals surface area contributed by atoms with Gasteiger partial charge >= 0.3 is 5.97 Å². The van der Waals surface area contributed by atoms with E-state index in [1.807, 2.05) is 0 Å². The van der Waals surface area contributed by atoms with Crippen LogP contribution < -0.4 is 11.1 Å². The summed E-state index contributed by atoms with van der Waals surface area (Å²) in [5.74, 6) is -0.429. The van der Waals surface area contributed by atoms with Gasteiger partial charge in [0.2, 0.25) is 5.76 Å². The van der Waals surface area contributed by atoms with E-state index < -0.39 is 12.1 Å². The van der Waals surface area contributed by atoms with Crippen molar-refractivity contribution in [3.63, 3.8) is 0 Å². The molecule has 0 amide bonds. The van der Waals surface area contributed by atoms with Crippen LogP contribution in [0.1, 0.15) is 53.7 Å². The van der Waals surface area contributed by atoms with Crippen molar-refractivity contribution < 1.29 is 24.2 Å². The summed E-state index contributed by atoms with van der Waals surface area (Å²) in [4.78, 5) is 10.7. The summed E-state index contributed by atoms with van der Waals surface area (Å²) in [6.07, 6.45) is 3.68. The number of aryl methyl sites for hydroxylation is 1. The Kier molecular flexibility index (Phi) is 10.5. The third-order valence-corrected chi connectivity index (χ3v) is 5.18. The zero-order chi connectivity index (χ0) is 21.9. The van der Waals surface area contributed by atoms with Crippen LogP contribution >= 0.6 is 23.2 Å². The fraction of sp³-hybridized carbons (Fsp3) is 0.476. The van der Waals surface area contributed by atoms with E-state index in [1.165, 1.54) is 6.07 Å². The number of hydrogen-bond acceptors (Lipinski definition) is 6. The fourth-order valence-corrected chi connectivity index (χ4v) is 3.37. The average molecular weight is 459 g/mol. The van der Waals surface area contributed by atoms with E-state index in [4.69, 9.17) is 43.2 Å². The molecule has 7 nitrogen and oxygen atoms in total. The number of carbonyl (C=O) groups is 1. The van der Waals surface area contributed by atoms with Gasteiger partial charge in [-0.1, -0.05) is 23.2 Å². The SMILES string of the molecule is Nc1c(Cl)cc(C(O)CNCCCCCOCCCc2ccc(C(=O)O)o2)cc1Cl. The smallest absolute Gasteiger partial charge is 0.371 e. The number of nitrogens with one attached hydrogen (secondary N) is 1. The lowest BCUT2D eigenvalue weighted by Crippen LogP contribution is -2.22. The lowest BCUT2D eigenvalue weighted by atomic mass is 10.1. The van der Waals surface area contributed by atoms with E-state index in [0.29, 0.717) is 53.2 Å². The van der Waals surface area contributed by atoms with Crippen molar-refractivity contribution >= 4 is 34.9 Å². The van der Waals surface area contributed by atoms with Crippen molar-refractivity contribution in [3.8, 4) is 0 Å². The first-order valence-electron chi connectivity index (χ1n) is 9.91. The first kappa shape index (κ1) is 24.5. The van der Waals surface area contributed by atoms with Crippen LogP contribution in [-0.4, -0.2) is 42.5 Å². The minimum atomic E-state index is -1.06. The highest BCUT2D eigenvalue weighted by Crippen LogP contribution is 2.31. The van der Waals surface area contributed by atoms with Gasteiger partial charge < -0.3 is 30.4 Å². The molecular weight excluding hydrogens is 431 g/mol. The fourth-order valence-electron chi connectivity index (χ4n) is 2.86. The van der Waals surface area contributed by atoms with Gasteiger partial charge in [-0.05, 0) is 62.1 Å².